The van der Waals surface area contributed by atoms with Crippen molar-refractivity contribution in [2.24, 2.45) is 0 Å². The first kappa shape index (κ1) is 17.7. The van der Waals surface area contributed by atoms with Gasteiger partial charge in [0.25, 0.3) is 5.91 Å². The molecule has 3 N–H and O–H groups in total. The van der Waals surface area contributed by atoms with Crippen LogP contribution in [-0.2, 0) is 0 Å². The lowest BCUT2D eigenvalue weighted by Gasteiger charge is -2.14. The highest BCUT2D eigenvalue weighted by atomic mass is 35.5. The first-order valence-electron chi connectivity index (χ1n) is 6.70. The van der Waals surface area contributed by atoms with Crippen LogP contribution in [0, 0.1) is 4.64 Å². The van der Waals surface area contributed by atoms with Gasteiger partial charge in [0.1, 0.15) is 28.1 Å². The summed E-state index contributed by atoms with van der Waals surface area (Å²) in [6, 6.07) is 8.24. The number of ether oxygens (including phenoxy) is 1. The van der Waals surface area contributed by atoms with Crippen LogP contribution in [0.1, 0.15) is 10.4 Å². The minimum atomic E-state index is -0.907. The smallest absolute Gasteiger partial charge is 0.254 e. The highest BCUT2D eigenvalue weighted by Gasteiger charge is 2.12. The molecule has 0 saturated carbocycles. The van der Waals surface area contributed by atoms with Gasteiger partial charge in [-0.25, -0.2) is 0 Å². The molecule has 8 heteroatoms. The first-order chi connectivity index (χ1) is 11.0. The van der Waals surface area contributed by atoms with Crippen LogP contribution in [0.3, 0.4) is 0 Å². The van der Waals surface area contributed by atoms with E-state index < -0.39 is 6.10 Å². The Bertz CT molecular complexity index is 751. The molecule has 1 aromatic heterocycles. The molecular weight excluding hydrogens is 359 g/mol. The number of pyridine rings is 1. The van der Waals surface area contributed by atoms with Gasteiger partial charge in [0.05, 0.1) is 10.6 Å². The van der Waals surface area contributed by atoms with Gasteiger partial charge in [-0.05, 0) is 24.3 Å². The second-order valence-corrected chi connectivity index (χ2v) is 5.83. The van der Waals surface area contributed by atoms with Crippen LogP contribution in [0.4, 0.5) is 0 Å². The van der Waals surface area contributed by atoms with Gasteiger partial charge in [-0.15, -0.1) is 0 Å². The molecule has 1 amide bonds. The van der Waals surface area contributed by atoms with Crippen molar-refractivity contribution in [1.82, 2.24) is 10.3 Å². The van der Waals surface area contributed by atoms with Gasteiger partial charge in [0, 0.05) is 12.7 Å². The number of hydrogen-bond acceptors (Lipinski definition) is 4. The molecule has 5 nitrogen and oxygen atoms in total. The second kappa shape index (κ2) is 8.31. The predicted molar refractivity (Wildman–Crippen MR) is 91.9 cm³/mol. The highest BCUT2D eigenvalue weighted by Crippen LogP contribution is 2.31. The SMILES string of the molecule is O=C(NCC(O)COc1cccc(Cl)c1Cl)c1ccc[nH]c1=S. The molecule has 23 heavy (non-hydrogen) atoms. The van der Waals surface area contributed by atoms with E-state index in [2.05, 4.69) is 10.3 Å². The van der Waals surface area contributed by atoms with Crippen molar-refractivity contribution in [2.75, 3.05) is 13.2 Å². The second-order valence-electron chi connectivity index (χ2n) is 4.64. The van der Waals surface area contributed by atoms with E-state index in [4.69, 9.17) is 40.2 Å². The average Bonchev–Trinajstić information content (AvgIpc) is 2.54. The maximum Gasteiger partial charge on any atom is 0.254 e. The number of aromatic amines is 1. The third-order valence-electron chi connectivity index (χ3n) is 2.91. The van der Waals surface area contributed by atoms with E-state index >= 15 is 0 Å². The molecule has 0 bridgehead atoms. The quantitative estimate of drug-likeness (QED) is 0.680. The van der Waals surface area contributed by atoms with E-state index in [0.717, 1.165) is 0 Å². The number of aliphatic hydroxyl groups is 1. The number of carbonyl (C=O) groups is 1. The highest BCUT2D eigenvalue weighted by molar-refractivity contribution is 7.71. The zero-order chi connectivity index (χ0) is 16.8. The maximum absolute atomic E-state index is 12.0. The van der Waals surface area contributed by atoms with Crippen molar-refractivity contribution >= 4 is 41.3 Å². The fourth-order valence-electron chi connectivity index (χ4n) is 1.75. The Morgan fingerprint density at radius 2 is 2.13 bits per heavy atom. The zero-order valence-electron chi connectivity index (χ0n) is 11.9. The largest absolute Gasteiger partial charge is 0.489 e. The Kier molecular flexibility index (Phi) is 6.41. The van der Waals surface area contributed by atoms with Crippen LogP contribution in [0.25, 0.3) is 0 Å². The number of hydrogen-bond donors (Lipinski definition) is 3. The van der Waals surface area contributed by atoms with Crippen molar-refractivity contribution in [3.05, 3.63) is 56.8 Å². The molecular formula is C15H14Cl2N2O3S. The Labute approximate surface area is 148 Å². The molecule has 1 atom stereocenters. The molecule has 0 radical (unpaired) electrons. The minimum Gasteiger partial charge on any atom is -0.489 e. The van der Waals surface area contributed by atoms with E-state index in [1.807, 2.05) is 0 Å². The van der Waals surface area contributed by atoms with Crippen molar-refractivity contribution < 1.29 is 14.6 Å². The zero-order valence-corrected chi connectivity index (χ0v) is 14.2. The van der Waals surface area contributed by atoms with Gasteiger partial charge in [0.2, 0.25) is 0 Å². The third kappa shape index (κ3) is 4.94. The fraction of sp³-hybridized carbons (Fsp3) is 0.200. The molecule has 1 unspecified atom stereocenters. The van der Waals surface area contributed by atoms with Crippen LogP contribution in [0.15, 0.2) is 36.5 Å². The van der Waals surface area contributed by atoms with Crippen LogP contribution in [0.5, 0.6) is 5.75 Å². The summed E-state index contributed by atoms with van der Waals surface area (Å²) in [5, 5.41) is 13.1. The Morgan fingerprint density at radius 3 is 2.87 bits per heavy atom. The number of aliphatic hydroxyl groups excluding tert-OH is 1. The lowest BCUT2D eigenvalue weighted by molar-refractivity contribution is 0.0843. The van der Waals surface area contributed by atoms with E-state index in [1.54, 1.807) is 36.5 Å². The summed E-state index contributed by atoms with van der Waals surface area (Å²) >= 11 is 16.9. The molecule has 0 fully saturated rings. The number of carbonyl (C=O) groups excluding carboxylic acids is 1. The lowest BCUT2D eigenvalue weighted by atomic mass is 10.2. The van der Waals surface area contributed by atoms with E-state index in [9.17, 15) is 9.90 Å². The van der Waals surface area contributed by atoms with Crippen molar-refractivity contribution in [2.45, 2.75) is 6.10 Å². The summed E-state index contributed by atoms with van der Waals surface area (Å²) in [5.41, 5.74) is 0.341. The van der Waals surface area contributed by atoms with Gasteiger partial charge < -0.3 is 20.1 Å². The van der Waals surface area contributed by atoms with Crippen LogP contribution < -0.4 is 10.1 Å². The molecule has 1 heterocycles. The fourth-order valence-corrected chi connectivity index (χ4v) is 2.32. The predicted octanol–water partition coefficient (Wildman–Crippen LogP) is 3.22. The Hall–Kier alpha value is -1.60. The van der Waals surface area contributed by atoms with Gasteiger partial charge >= 0.3 is 0 Å². The van der Waals surface area contributed by atoms with Crippen molar-refractivity contribution in [3.8, 4) is 5.75 Å². The van der Waals surface area contributed by atoms with Crippen molar-refractivity contribution in [3.63, 3.8) is 0 Å². The van der Waals surface area contributed by atoms with E-state index in [-0.39, 0.29) is 24.1 Å². The van der Waals surface area contributed by atoms with Crippen LogP contribution >= 0.6 is 35.4 Å². The number of H-pyrrole nitrogens is 1. The molecule has 0 spiro atoms. The van der Waals surface area contributed by atoms with E-state index in [1.165, 1.54) is 0 Å². The molecule has 2 rings (SSSR count). The molecule has 0 aliphatic heterocycles. The summed E-state index contributed by atoms with van der Waals surface area (Å²) in [6.45, 7) is -0.0251. The molecule has 2 aromatic rings. The number of benzene rings is 1. The van der Waals surface area contributed by atoms with Crippen LogP contribution in [0.2, 0.25) is 10.0 Å². The number of aromatic nitrogens is 1. The minimum absolute atomic E-state index is 0.0146. The van der Waals surface area contributed by atoms with Gasteiger partial charge in [0.15, 0.2) is 0 Å². The number of rotatable bonds is 6. The number of nitrogens with one attached hydrogen (secondary N) is 2. The summed E-state index contributed by atoms with van der Waals surface area (Å²) in [6.07, 6.45) is 0.728. The maximum atomic E-state index is 12.0. The lowest BCUT2D eigenvalue weighted by Crippen LogP contribution is -2.35. The number of halogens is 2. The Balaban J connectivity index is 1.85. The van der Waals surface area contributed by atoms with Crippen molar-refractivity contribution in [1.29, 1.82) is 0 Å². The third-order valence-corrected chi connectivity index (χ3v) is 4.05. The Morgan fingerprint density at radius 1 is 1.35 bits per heavy atom. The molecule has 0 aliphatic rings. The standard InChI is InChI=1S/C15H14Cl2N2O3S/c16-11-4-1-5-12(13(11)17)22-8-9(20)7-19-14(21)10-3-2-6-18-15(10)23/h1-6,9,20H,7-8H2,(H,18,23)(H,19,21). The van der Waals surface area contributed by atoms with Gasteiger partial charge in [-0.2, -0.15) is 0 Å². The molecule has 1 aromatic carbocycles. The number of amides is 1. The monoisotopic (exact) mass is 372 g/mol. The summed E-state index contributed by atoms with van der Waals surface area (Å²) in [7, 11) is 0. The average molecular weight is 373 g/mol. The van der Waals surface area contributed by atoms with Gasteiger partial charge in [-0.3, -0.25) is 4.79 Å². The van der Waals surface area contributed by atoms with Gasteiger partial charge in [-0.1, -0.05) is 41.5 Å². The summed E-state index contributed by atoms with van der Waals surface area (Å²) in [5.74, 6) is 0.00161. The topological polar surface area (TPSA) is 74.3 Å². The molecule has 122 valence electrons. The van der Waals surface area contributed by atoms with Crippen LogP contribution in [-0.4, -0.2) is 35.3 Å². The summed E-state index contributed by atoms with van der Waals surface area (Å²) in [4.78, 5) is 14.7. The molecule has 0 saturated heterocycles. The molecule has 0 aliphatic carbocycles. The van der Waals surface area contributed by atoms with E-state index in [0.29, 0.717) is 21.0 Å². The summed E-state index contributed by atoms with van der Waals surface area (Å²) < 4.78 is 5.73. The normalized spacial score (nSPS) is 11.8. The first-order valence-corrected chi connectivity index (χ1v) is 7.86.